The lowest BCUT2D eigenvalue weighted by atomic mass is 9.94. The van der Waals surface area contributed by atoms with Gasteiger partial charge in [0.2, 0.25) is 0 Å². The molecule has 0 radical (unpaired) electrons. The molecule has 0 bridgehead atoms. The monoisotopic (exact) mass is 291 g/mol. The number of fused-ring (bicyclic) bond motifs is 2. The van der Waals surface area contributed by atoms with Crippen molar-refractivity contribution in [1.82, 2.24) is 5.32 Å². The highest BCUT2D eigenvalue weighted by molar-refractivity contribution is 6.27. The highest BCUT2D eigenvalue weighted by atomic mass is 16.2. The van der Waals surface area contributed by atoms with Crippen LogP contribution >= 0.6 is 0 Å². The summed E-state index contributed by atoms with van der Waals surface area (Å²) in [6.45, 7) is 0. The van der Waals surface area contributed by atoms with Crippen LogP contribution in [0.5, 0.6) is 0 Å². The van der Waals surface area contributed by atoms with Crippen molar-refractivity contribution in [2.75, 3.05) is 0 Å². The first kappa shape index (κ1) is 12.6. The van der Waals surface area contributed by atoms with Crippen LogP contribution in [0.3, 0.4) is 0 Å². The summed E-state index contributed by atoms with van der Waals surface area (Å²) in [6, 6.07) is 9.92. The van der Waals surface area contributed by atoms with Crippen molar-refractivity contribution in [3.05, 3.63) is 58.7 Å². The number of hydrogen-bond acceptors (Lipinski definition) is 4. The van der Waals surface area contributed by atoms with Gasteiger partial charge in [-0.3, -0.25) is 24.5 Å². The second kappa shape index (κ2) is 4.21. The predicted octanol–water partition coefficient (Wildman–Crippen LogP) is 2.01. The number of Topliss-reactive ketones (excluding diaryl/α,β-unsaturated/α-hetero) is 2. The molecular weight excluding hydrogens is 282 g/mol. The van der Waals surface area contributed by atoms with Crippen LogP contribution in [0.15, 0.2) is 36.4 Å². The molecule has 2 aromatic carbocycles. The van der Waals surface area contributed by atoms with Gasteiger partial charge in [0, 0.05) is 11.1 Å². The van der Waals surface area contributed by atoms with Crippen LogP contribution in [0.1, 0.15) is 47.9 Å². The summed E-state index contributed by atoms with van der Waals surface area (Å²) >= 11 is 0. The molecule has 0 atom stereocenters. The van der Waals surface area contributed by atoms with E-state index in [1.807, 2.05) is 0 Å². The number of carbonyl (C=O) groups is 4. The zero-order valence-electron chi connectivity index (χ0n) is 11.3. The van der Waals surface area contributed by atoms with Crippen molar-refractivity contribution in [2.24, 2.45) is 0 Å². The Morgan fingerprint density at radius 1 is 0.727 bits per heavy atom. The summed E-state index contributed by atoms with van der Waals surface area (Å²) in [5.74, 6) is -1.26. The lowest BCUT2D eigenvalue weighted by molar-refractivity contribution is 0.0874. The highest BCUT2D eigenvalue weighted by Crippen LogP contribution is 2.33. The molecule has 0 saturated heterocycles. The molecule has 1 N–H and O–H groups in total. The average molecular weight is 291 g/mol. The minimum absolute atomic E-state index is 0.115. The number of amides is 2. The fourth-order valence-corrected chi connectivity index (χ4v) is 2.99. The zero-order valence-corrected chi connectivity index (χ0v) is 11.3. The van der Waals surface area contributed by atoms with E-state index in [0.29, 0.717) is 27.8 Å². The second-order valence-electron chi connectivity index (χ2n) is 5.29. The Labute approximate surface area is 124 Å². The van der Waals surface area contributed by atoms with E-state index in [4.69, 9.17) is 0 Å². The summed E-state index contributed by atoms with van der Waals surface area (Å²) in [5.41, 5.74) is 2.69. The normalized spacial score (nSPS) is 15.8. The van der Waals surface area contributed by atoms with Gasteiger partial charge in [-0.15, -0.1) is 0 Å². The molecule has 0 spiro atoms. The first-order valence-electron chi connectivity index (χ1n) is 6.76. The number of imide groups is 1. The molecule has 0 aromatic heterocycles. The van der Waals surface area contributed by atoms with E-state index in [-0.39, 0.29) is 23.6 Å². The Hall–Kier alpha value is -3.08. The summed E-state index contributed by atoms with van der Waals surface area (Å²) in [5, 5.41) is 2.23. The molecule has 0 saturated carbocycles. The summed E-state index contributed by atoms with van der Waals surface area (Å²) in [4.78, 5) is 47.2. The van der Waals surface area contributed by atoms with Crippen LogP contribution in [0.2, 0.25) is 0 Å². The fraction of sp³-hybridized carbons (Fsp3) is 0.0588. The third-order valence-corrected chi connectivity index (χ3v) is 4.01. The molecule has 22 heavy (non-hydrogen) atoms. The van der Waals surface area contributed by atoms with E-state index in [1.165, 1.54) is 0 Å². The maximum Gasteiger partial charge on any atom is 0.258 e. The van der Waals surface area contributed by atoms with Crippen LogP contribution in [0.25, 0.3) is 11.1 Å². The maximum atomic E-state index is 12.1. The van der Waals surface area contributed by atoms with Gasteiger partial charge in [0.05, 0.1) is 17.5 Å². The minimum Gasteiger partial charge on any atom is -0.294 e. The van der Waals surface area contributed by atoms with Crippen LogP contribution in [-0.4, -0.2) is 23.4 Å². The molecule has 5 heteroatoms. The quantitative estimate of drug-likeness (QED) is 0.643. The second-order valence-corrected chi connectivity index (χ2v) is 5.29. The molecule has 0 fully saturated rings. The Balaban J connectivity index is 1.94. The Bertz CT molecular complexity index is 911. The molecule has 2 aliphatic rings. The molecule has 2 aromatic rings. The highest BCUT2D eigenvalue weighted by Gasteiger charge is 2.31. The van der Waals surface area contributed by atoms with Crippen molar-refractivity contribution in [2.45, 2.75) is 6.42 Å². The minimum atomic E-state index is -0.447. The Morgan fingerprint density at radius 2 is 1.45 bits per heavy atom. The van der Waals surface area contributed by atoms with Crippen LogP contribution in [-0.2, 0) is 0 Å². The number of rotatable bonds is 1. The van der Waals surface area contributed by atoms with Crippen molar-refractivity contribution in [3.8, 4) is 11.1 Å². The molecule has 1 aliphatic carbocycles. The zero-order chi connectivity index (χ0) is 15.4. The molecule has 1 heterocycles. The number of ketones is 2. The van der Waals surface area contributed by atoms with Gasteiger partial charge in [-0.05, 0) is 23.3 Å². The summed E-state index contributed by atoms with van der Waals surface area (Å²) in [7, 11) is 0. The van der Waals surface area contributed by atoms with Crippen molar-refractivity contribution < 1.29 is 19.2 Å². The van der Waals surface area contributed by atoms with E-state index in [9.17, 15) is 19.2 Å². The first-order chi connectivity index (χ1) is 10.6. The van der Waals surface area contributed by atoms with Gasteiger partial charge in [-0.2, -0.15) is 0 Å². The van der Waals surface area contributed by atoms with Crippen molar-refractivity contribution >= 4 is 23.4 Å². The fourth-order valence-electron chi connectivity index (χ4n) is 2.99. The van der Waals surface area contributed by atoms with Gasteiger partial charge in [0.1, 0.15) is 0 Å². The van der Waals surface area contributed by atoms with Gasteiger partial charge < -0.3 is 0 Å². The van der Waals surface area contributed by atoms with Gasteiger partial charge in [-0.1, -0.05) is 24.3 Å². The smallest absolute Gasteiger partial charge is 0.258 e. The maximum absolute atomic E-state index is 12.1. The lowest BCUT2D eigenvalue weighted by Crippen LogP contribution is -2.19. The topological polar surface area (TPSA) is 80.3 Å². The van der Waals surface area contributed by atoms with Crippen LogP contribution in [0, 0.1) is 0 Å². The van der Waals surface area contributed by atoms with Gasteiger partial charge in [0.15, 0.2) is 11.6 Å². The van der Waals surface area contributed by atoms with Crippen LogP contribution < -0.4 is 5.32 Å². The molecule has 2 amide bonds. The largest absolute Gasteiger partial charge is 0.294 e. The molecule has 106 valence electrons. The third kappa shape index (κ3) is 1.59. The third-order valence-electron chi connectivity index (χ3n) is 4.01. The van der Waals surface area contributed by atoms with E-state index in [0.717, 1.165) is 0 Å². The molecule has 0 unspecified atom stereocenters. The summed E-state index contributed by atoms with van der Waals surface area (Å²) < 4.78 is 0. The van der Waals surface area contributed by atoms with Gasteiger partial charge in [-0.25, -0.2) is 0 Å². The SMILES string of the molecule is O=C1NC(=O)c2cc(-c3cccc4c3C(=O)CC4=O)ccc21. The number of carbonyl (C=O) groups excluding carboxylic acids is 4. The summed E-state index contributed by atoms with van der Waals surface area (Å²) in [6.07, 6.45) is -0.115. The van der Waals surface area contributed by atoms with Gasteiger partial charge in [0.25, 0.3) is 11.8 Å². The van der Waals surface area contributed by atoms with E-state index in [2.05, 4.69) is 5.32 Å². The average Bonchev–Trinajstić information content (AvgIpc) is 2.96. The molecule has 1 aliphatic heterocycles. The first-order valence-corrected chi connectivity index (χ1v) is 6.76. The van der Waals surface area contributed by atoms with Crippen molar-refractivity contribution in [3.63, 3.8) is 0 Å². The number of nitrogens with one attached hydrogen (secondary N) is 1. The van der Waals surface area contributed by atoms with E-state index in [1.54, 1.807) is 36.4 Å². The van der Waals surface area contributed by atoms with Gasteiger partial charge >= 0.3 is 0 Å². The standard InChI is InChI=1S/C17H9NO4/c19-13-7-14(20)15-9(2-1-3-11(13)15)8-4-5-10-12(6-8)17(22)18-16(10)21/h1-6H,7H2,(H,18,21,22). The van der Waals surface area contributed by atoms with Crippen molar-refractivity contribution in [1.29, 1.82) is 0 Å². The van der Waals surface area contributed by atoms with Crippen LogP contribution in [0.4, 0.5) is 0 Å². The predicted molar refractivity (Wildman–Crippen MR) is 77.0 cm³/mol. The number of benzene rings is 2. The molecular formula is C17H9NO4. The lowest BCUT2D eigenvalue weighted by Gasteiger charge is -2.08. The molecule has 5 nitrogen and oxygen atoms in total. The Kier molecular flexibility index (Phi) is 2.42. The molecule has 4 rings (SSSR count). The van der Waals surface area contributed by atoms with E-state index >= 15 is 0 Å². The Morgan fingerprint density at radius 3 is 2.27 bits per heavy atom. The number of hydrogen-bond donors (Lipinski definition) is 1. The van der Waals surface area contributed by atoms with E-state index < -0.39 is 11.8 Å².